The number of nitrogens with zero attached hydrogens (tertiary/aromatic N) is 1. The highest BCUT2D eigenvalue weighted by Gasteiger charge is 2.25. The predicted octanol–water partition coefficient (Wildman–Crippen LogP) is 0.594. The number of rotatable bonds is 3. The minimum Gasteiger partial charge on any atom is -0.478 e. The van der Waals surface area contributed by atoms with E-state index in [1.165, 1.54) is 0 Å². The Bertz CT molecular complexity index is 576. The fraction of sp³-hybridized carbons (Fsp3) is 0. The molecular formula is C7H5ClN2O6S. The fourth-order valence-electron chi connectivity index (χ4n) is 1.04. The molecule has 0 fully saturated rings. The summed E-state index contributed by atoms with van der Waals surface area (Å²) in [6.07, 6.45) is 0. The van der Waals surface area contributed by atoms with E-state index >= 15 is 0 Å². The number of carbonyl (C=O) groups is 1. The quantitative estimate of drug-likeness (QED) is 0.613. The van der Waals surface area contributed by atoms with Crippen LogP contribution in [0.25, 0.3) is 0 Å². The molecule has 0 saturated carbocycles. The smallest absolute Gasteiger partial charge is 0.337 e. The molecule has 1 aromatic rings. The van der Waals surface area contributed by atoms with E-state index in [1.807, 2.05) is 0 Å². The summed E-state index contributed by atoms with van der Waals surface area (Å²) >= 11 is 5.46. The van der Waals surface area contributed by atoms with Crippen LogP contribution in [0, 0.1) is 10.1 Å². The number of hydrogen-bond donors (Lipinski definition) is 2. The van der Waals surface area contributed by atoms with Crippen LogP contribution in [0.3, 0.4) is 0 Å². The average molecular weight is 281 g/mol. The van der Waals surface area contributed by atoms with Gasteiger partial charge >= 0.3 is 5.97 Å². The lowest BCUT2D eigenvalue weighted by Gasteiger charge is -2.03. The SMILES string of the molecule is NS(=O)(=O)c1cc(C(=O)O)c(Cl)c([N+](=O)[O-])c1. The maximum atomic E-state index is 11.0. The van der Waals surface area contributed by atoms with Gasteiger partial charge in [-0.25, -0.2) is 18.4 Å². The Morgan fingerprint density at radius 3 is 2.35 bits per heavy atom. The monoisotopic (exact) mass is 280 g/mol. The first-order valence-electron chi connectivity index (χ1n) is 3.88. The van der Waals surface area contributed by atoms with Gasteiger partial charge in [-0.3, -0.25) is 10.1 Å². The Morgan fingerprint density at radius 1 is 1.47 bits per heavy atom. The van der Waals surface area contributed by atoms with Crippen molar-refractivity contribution in [1.82, 2.24) is 0 Å². The summed E-state index contributed by atoms with van der Waals surface area (Å²) in [5.41, 5.74) is -1.54. The maximum absolute atomic E-state index is 11.0. The number of hydrogen-bond acceptors (Lipinski definition) is 5. The zero-order valence-corrected chi connectivity index (χ0v) is 9.53. The van der Waals surface area contributed by atoms with Crippen molar-refractivity contribution >= 4 is 33.3 Å². The Hall–Kier alpha value is -1.71. The van der Waals surface area contributed by atoms with Crippen molar-refractivity contribution in [2.75, 3.05) is 0 Å². The minimum atomic E-state index is -4.26. The van der Waals surface area contributed by atoms with Crippen molar-refractivity contribution in [2.24, 2.45) is 5.14 Å². The van der Waals surface area contributed by atoms with Crippen LogP contribution in [0.1, 0.15) is 10.4 Å². The molecule has 0 aliphatic carbocycles. The number of nitro benzene ring substituents is 1. The van der Waals surface area contributed by atoms with Crippen molar-refractivity contribution in [2.45, 2.75) is 4.90 Å². The van der Waals surface area contributed by atoms with Gasteiger partial charge in [0, 0.05) is 6.07 Å². The molecule has 0 unspecified atom stereocenters. The van der Waals surface area contributed by atoms with E-state index in [1.54, 1.807) is 0 Å². The van der Waals surface area contributed by atoms with Crippen LogP contribution in [0.2, 0.25) is 5.02 Å². The fourth-order valence-corrected chi connectivity index (χ4v) is 1.85. The first-order chi connectivity index (χ1) is 7.64. The van der Waals surface area contributed by atoms with Gasteiger partial charge in [0.15, 0.2) is 0 Å². The molecular weight excluding hydrogens is 276 g/mol. The van der Waals surface area contributed by atoms with E-state index in [0.717, 1.165) is 0 Å². The second-order valence-electron chi connectivity index (χ2n) is 2.91. The number of benzene rings is 1. The topological polar surface area (TPSA) is 141 Å². The van der Waals surface area contributed by atoms with Gasteiger partial charge in [0.1, 0.15) is 5.02 Å². The van der Waals surface area contributed by atoms with Crippen LogP contribution in [0.5, 0.6) is 0 Å². The predicted molar refractivity (Wildman–Crippen MR) is 56.4 cm³/mol. The molecule has 0 aliphatic heterocycles. The number of sulfonamides is 1. The number of nitrogens with two attached hydrogens (primary N) is 1. The third kappa shape index (κ3) is 2.70. The molecule has 0 aromatic heterocycles. The largest absolute Gasteiger partial charge is 0.478 e. The molecule has 92 valence electrons. The lowest BCUT2D eigenvalue weighted by molar-refractivity contribution is -0.384. The lowest BCUT2D eigenvalue weighted by atomic mass is 10.2. The standard InChI is InChI=1S/C7H5ClN2O6S/c8-6-4(7(11)12)1-3(17(9,15)16)2-5(6)10(13)14/h1-2H,(H,11,12)(H2,9,15,16). The van der Waals surface area contributed by atoms with Gasteiger partial charge in [-0.2, -0.15) is 0 Å². The molecule has 0 saturated heterocycles. The van der Waals surface area contributed by atoms with E-state index in [2.05, 4.69) is 0 Å². The highest BCUT2D eigenvalue weighted by atomic mass is 35.5. The van der Waals surface area contributed by atoms with Gasteiger partial charge in [0.25, 0.3) is 5.69 Å². The second kappa shape index (κ2) is 4.28. The molecule has 17 heavy (non-hydrogen) atoms. The Labute approximate surface area is 99.8 Å². The molecule has 0 radical (unpaired) electrons. The molecule has 1 rings (SSSR count). The van der Waals surface area contributed by atoms with Gasteiger partial charge < -0.3 is 5.11 Å². The molecule has 0 aliphatic rings. The van der Waals surface area contributed by atoms with E-state index in [9.17, 15) is 23.3 Å². The van der Waals surface area contributed by atoms with Crippen molar-refractivity contribution < 1.29 is 23.2 Å². The highest BCUT2D eigenvalue weighted by Crippen LogP contribution is 2.31. The number of carboxylic acid groups (broad SMARTS) is 1. The van der Waals surface area contributed by atoms with Crippen LogP contribution in [-0.2, 0) is 10.0 Å². The molecule has 0 spiro atoms. The van der Waals surface area contributed by atoms with Crippen molar-refractivity contribution in [3.63, 3.8) is 0 Å². The van der Waals surface area contributed by atoms with Gasteiger partial charge in [-0.15, -0.1) is 0 Å². The summed E-state index contributed by atoms with van der Waals surface area (Å²) in [4.78, 5) is 19.6. The summed E-state index contributed by atoms with van der Waals surface area (Å²) < 4.78 is 22.0. The number of aromatic carboxylic acids is 1. The zero-order chi connectivity index (χ0) is 13.4. The second-order valence-corrected chi connectivity index (χ2v) is 4.85. The van der Waals surface area contributed by atoms with Gasteiger partial charge in [0.05, 0.1) is 15.4 Å². The molecule has 3 N–H and O–H groups in total. The van der Waals surface area contributed by atoms with Crippen molar-refractivity contribution in [3.05, 3.63) is 32.8 Å². The summed E-state index contributed by atoms with van der Waals surface area (Å²) in [7, 11) is -4.26. The summed E-state index contributed by atoms with van der Waals surface area (Å²) in [5.74, 6) is -1.59. The molecule has 1 aromatic carbocycles. The van der Waals surface area contributed by atoms with E-state index in [0.29, 0.717) is 12.1 Å². The molecule has 0 amide bonds. The van der Waals surface area contributed by atoms with E-state index in [4.69, 9.17) is 21.8 Å². The van der Waals surface area contributed by atoms with E-state index in [-0.39, 0.29) is 0 Å². The molecule has 8 nitrogen and oxygen atoms in total. The van der Waals surface area contributed by atoms with Crippen LogP contribution in [0.15, 0.2) is 17.0 Å². The first-order valence-corrected chi connectivity index (χ1v) is 5.81. The van der Waals surface area contributed by atoms with Crippen LogP contribution in [-0.4, -0.2) is 24.4 Å². The third-order valence-corrected chi connectivity index (χ3v) is 3.07. The van der Waals surface area contributed by atoms with Crippen molar-refractivity contribution in [3.8, 4) is 0 Å². The number of halogens is 1. The van der Waals surface area contributed by atoms with Crippen LogP contribution < -0.4 is 5.14 Å². The summed E-state index contributed by atoms with van der Waals surface area (Å²) in [6, 6.07) is 1.26. The number of primary sulfonamides is 1. The maximum Gasteiger partial charge on any atom is 0.337 e. The lowest BCUT2D eigenvalue weighted by Crippen LogP contribution is -2.14. The van der Waals surface area contributed by atoms with Crippen molar-refractivity contribution in [1.29, 1.82) is 0 Å². The average Bonchev–Trinajstić information content (AvgIpc) is 2.14. The minimum absolute atomic E-state index is 0.601. The summed E-state index contributed by atoms with van der Waals surface area (Å²) in [5, 5.41) is 23.4. The number of carboxylic acids is 1. The van der Waals surface area contributed by atoms with E-state index < -0.39 is 42.1 Å². The molecule has 0 bridgehead atoms. The molecule has 0 heterocycles. The van der Waals surface area contributed by atoms with Crippen LogP contribution in [0.4, 0.5) is 5.69 Å². The normalized spacial score (nSPS) is 11.2. The Balaban J connectivity index is 3.71. The Kier molecular flexibility index (Phi) is 3.36. The van der Waals surface area contributed by atoms with Gasteiger partial charge in [-0.05, 0) is 6.07 Å². The highest BCUT2D eigenvalue weighted by molar-refractivity contribution is 7.89. The first kappa shape index (κ1) is 13.4. The summed E-state index contributed by atoms with van der Waals surface area (Å²) in [6.45, 7) is 0. The van der Waals surface area contributed by atoms with Gasteiger partial charge in [0.2, 0.25) is 10.0 Å². The molecule has 10 heteroatoms. The third-order valence-electron chi connectivity index (χ3n) is 1.78. The molecule has 0 atom stereocenters. The Morgan fingerprint density at radius 2 is 2.00 bits per heavy atom. The zero-order valence-electron chi connectivity index (χ0n) is 7.95. The number of nitro groups is 1. The van der Waals surface area contributed by atoms with Gasteiger partial charge in [-0.1, -0.05) is 11.6 Å². The van der Waals surface area contributed by atoms with Crippen LogP contribution >= 0.6 is 11.6 Å².